The number of hydrogen-bond donors (Lipinski definition) is 2. The molecule has 9 heteroatoms. The van der Waals surface area contributed by atoms with E-state index in [0.29, 0.717) is 17.4 Å². The first kappa shape index (κ1) is 67.2. The molecule has 0 fully saturated rings. The van der Waals surface area contributed by atoms with E-state index in [4.69, 9.17) is 9.05 Å². The number of carbonyl (C=O) groups excluding carboxylic acids is 1. The first-order valence-corrected chi connectivity index (χ1v) is 30.6. The van der Waals surface area contributed by atoms with Gasteiger partial charge in [0.25, 0.3) is 7.82 Å². The molecular weight excluding hydrogens is 876 g/mol. The summed E-state index contributed by atoms with van der Waals surface area (Å²) in [7, 11) is 1.23. The number of amides is 1. The van der Waals surface area contributed by atoms with Gasteiger partial charge in [0.15, 0.2) is 0 Å². The topological polar surface area (TPSA) is 108 Å². The van der Waals surface area contributed by atoms with Crippen molar-refractivity contribution in [3.8, 4) is 0 Å². The maximum absolute atomic E-state index is 12.9. The number of likely N-dealkylation sites (N-methyl/N-ethyl adjacent to an activating group) is 1. The lowest BCUT2D eigenvalue weighted by Crippen LogP contribution is -2.45. The molecule has 0 rings (SSSR count). The van der Waals surface area contributed by atoms with E-state index in [2.05, 4.69) is 67.8 Å². The minimum absolute atomic E-state index is 0.0102. The van der Waals surface area contributed by atoms with Gasteiger partial charge in [0, 0.05) is 6.42 Å². The Morgan fingerprint density at radius 2 is 0.899 bits per heavy atom. The third-order valence-corrected chi connectivity index (χ3v) is 13.9. The van der Waals surface area contributed by atoms with Crippen LogP contribution in [0.4, 0.5) is 0 Å². The summed E-state index contributed by atoms with van der Waals surface area (Å²) in [6, 6.07) is -0.909. The van der Waals surface area contributed by atoms with Crippen molar-refractivity contribution in [3.05, 3.63) is 60.8 Å². The van der Waals surface area contributed by atoms with E-state index in [1.165, 1.54) is 186 Å². The van der Waals surface area contributed by atoms with Crippen molar-refractivity contribution in [1.82, 2.24) is 5.32 Å². The van der Waals surface area contributed by atoms with E-state index < -0.39 is 26.6 Å². The number of aliphatic hydroxyl groups excluding tert-OH is 1. The normalized spacial score (nSPS) is 14.4. The van der Waals surface area contributed by atoms with Crippen molar-refractivity contribution in [2.24, 2.45) is 0 Å². The molecule has 0 radical (unpaired) electrons. The average molecular weight is 990 g/mol. The Morgan fingerprint density at radius 3 is 1.32 bits per heavy atom. The monoisotopic (exact) mass is 989 g/mol. The second-order valence-electron chi connectivity index (χ2n) is 20.9. The summed E-state index contributed by atoms with van der Waals surface area (Å²) in [6.07, 6.45) is 69.2. The van der Waals surface area contributed by atoms with Crippen LogP contribution >= 0.6 is 7.82 Å². The third-order valence-electron chi connectivity index (χ3n) is 12.9. The highest BCUT2D eigenvalue weighted by molar-refractivity contribution is 7.45. The zero-order valence-electron chi connectivity index (χ0n) is 46.0. The fourth-order valence-electron chi connectivity index (χ4n) is 8.40. The number of allylic oxidation sites excluding steroid dienone is 9. The Labute approximate surface area is 428 Å². The van der Waals surface area contributed by atoms with Gasteiger partial charge in [-0.25, -0.2) is 0 Å². The molecule has 0 saturated heterocycles. The summed E-state index contributed by atoms with van der Waals surface area (Å²) in [6.45, 7) is 4.50. The van der Waals surface area contributed by atoms with Gasteiger partial charge in [-0.15, -0.1) is 0 Å². The molecule has 0 saturated carbocycles. The number of unbranched alkanes of at least 4 members (excludes halogenated alkanes) is 32. The molecule has 0 spiro atoms. The smallest absolute Gasteiger partial charge is 0.268 e. The number of phosphoric acid groups is 1. The van der Waals surface area contributed by atoms with Crippen molar-refractivity contribution in [3.63, 3.8) is 0 Å². The van der Waals surface area contributed by atoms with Crippen LogP contribution in [0.3, 0.4) is 0 Å². The fraction of sp³-hybridized carbons (Fsp3) is 0.817. The van der Waals surface area contributed by atoms with Gasteiger partial charge in [0.2, 0.25) is 5.91 Å². The molecule has 3 atom stereocenters. The number of rotatable bonds is 53. The number of nitrogens with one attached hydrogen (secondary N) is 1. The highest BCUT2D eigenvalue weighted by atomic mass is 31.2. The first-order valence-electron chi connectivity index (χ1n) is 29.2. The Morgan fingerprint density at radius 1 is 0.522 bits per heavy atom. The van der Waals surface area contributed by atoms with Crippen molar-refractivity contribution in [2.45, 2.75) is 276 Å². The second-order valence-corrected chi connectivity index (χ2v) is 22.4. The highest BCUT2D eigenvalue weighted by Gasteiger charge is 2.23. The first-order chi connectivity index (χ1) is 33.5. The third kappa shape index (κ3) is 53.8. The molecule has 0 aromatic carbocycles. The summed E-state index contributed by atoms with van der Waals surface area (Å²) < 4.78 is 23.2. The van der Waals surface area contributed by atoms with Crippen molar-refractivity contribution in [2.75, 3.05) is 40.9 Å². The number of hydrogen-bond acceptors (Lipinski definition) is 6. The van der Waals surface area contributed by atoms with Crippen molar-refractivity contribution >= 4 is 13.7 Å². The van der Waals surface area contributed by atoms with Gasteiger partial charge in [-0.1, -0.05) is 248 Å². The molecule has 0 aliphatic carbocycles. The van der Waals surface area contributed by atoms with Crippen molar-refractivity contribution < 1.29 is 32.9 Å². The van der Waals surface area contributed by atoms with E-state index >= 15 is 0 Å². The van der Waals surface area contributed by atoms with Gasteiger partial charge in [-0.05, 0) is 70.6 Å². The Balaban J connectivity index is 3.90. The summed E-state index contributed by atoms with van der Waals surface area (Å²) in [4.78, 5) is 25.4. The molecular formula is C60H113N2O6P. The van der Waals surface area contributed by atoms with Crippen LogP contribution in [-0.2, 0) is 18.4 Å². The number of phosphoric ester groups is 1. The maximum Gasteiger partial charge on any atom is 0.268 e. The van der Waals surface area contributed by atoms with E-state index in [0.717, 1.165) is 57.8 Å². The summed E-state index contributed by atoms with van der Waals surface area (Å²) >= 11 is 0. The zero-order chi connectivity index (χ0) is 50.6. The minimum atomic E-state index is -4.60. The van der Waals surface area contributed by atoms with Gasteiger partial charge in [0.05, 0.1) is 39.9 Å². The molecule has 8 nitrogen and oxygen atoms in total. The predicted octanol–water partition coefficient (Wildman–Crippen LogP) is 17.1. The Kier molecular flexibility index (Phi) is 49.8. The highest BCUT2D eigenvalue weighted by Crippen LogP contribution is 2.38. The van der Waals surface area contributed by atoms with Crippen LogP contribution < -0.4 is 10.2 Å². The maximum atomic E-state index is 12.9. The Bertz CT molecular complexity index is 1310. The van der Waals surface area contributed by atoms with Gasteiger partial charge < -0.3 is 28.8 Å². The number of carbonyl (C=O) groups is 1. The van der Waals surface area contributed by atoms with Crippen LogP contribution in [0.5, 0.6) is 0 Å². The van der Waals surface area contributed by atoms with Gasteiger partial charge >= 0.3 is 0 Å². The average Bonchev–Trinajstić information content (AvgIpc) is 3.31. The van der Waals surface area contributed by atoms with Crippen LogP contribution in [0.1, 0.15) is 264 Å². The summed E-state index contributed by atoms with van der Waals surface area (Å²) in [5.41, 5.74) is 0. The van der Waals surface area contributed by atoms with E-state index in [1.807, 2.05) is 27.2 Å². The fourth-order valence-corrected chi connectivity index (χ4v) is 9.12. The molecule has 0 aliphatic heterocycles. The second kappa shape index (κ2) is 51.1. The summed E-state index contributed by atoms with van der Waals surface area (Å²) in [5.74, 6) is -0.213. The molecule has 0 aromatic heterocycles. The minimum Gasteiger partial charge on any atom is -0.756 e. The van der Waals surface area contributed by atoms with Crippen molar-refractivity contribution in [1.29, 1.82) is 0 Å². The lowest BCUT2D eigenvalue weighted by molar-refractivity contribution is -0.870. The standard InChI is InChI=1S/C60H113N2O6P/c1-6-8-10-12-14-16-18-19-20-21-22-23-24-25-26-27-28-29-30-31-32-33-34-35-36-37-38-39-40-41-42-43-44-46-48-50-52-54-60(64)61-58(57-68-69(65,66)67-56-55-62(3,4)5)59(63)53-51-49-47-45-17-15-13-11-9-7-2/h9,11,17,26-27,29-30,45,51,53,58-59,63H,6-8,10,12-16,18-25,28,31-44,46-50,52,54-57H2,1-5H3,(H-,61,64,65,66)/b11-9+,27-26-,30-29-,45-17+,53-51+. The predicted molar refractivity (Wildman–Crippen MR) is 297 cm³/mol. The van der Waals surface area contributed by atoms with Crippen LogP contribution in [0.15, 0.2) is 60.8 Å². The molecule has 0 aromatic rings. The molecule has 0 heterocycles. The Hall–Kier alpha value is -1.80. The number of aliphatic hydroxyl groups is 1. The molecule has 0 bridgehead atoms. The number of quaternary nitrogens is 1. The van der Waals surface area contributed by atoms with Gasteiger partial charge in [-0.2, -0.15) is 0 Å². The molecule has 2 N–H and O–H groups in total. The molecule has 0 aliphatic rings. The lowest BCUT2D eigenvalue weighted by Gasteiger charge is -2.29. The lowest BCUT2D eigenvalue weighted by atomic mass is 10.0. The van der Waals surface area contributed by atoms with E-state index in [-0.39, 0.29) is 12.5 Å². The van der Waals surface area contributed by atoms with E-state index in [9.17, 15) is 19.4 Å². The van der Waals surface area contributed by atoms with Crippen LogP contribution in [-0.4, -0.2) is 68.5 Å². The molecule has 69 heavy (non-hydrogen) atoms. The van der Waals surface area contributed by atoms with Crippen LogP contribution in [0.2, 0.25) is 0 Å². The largest absolute Gasteiger partial charge is 0.756 e. The molecule has 3 unspecified atom stereocenters. The molecule has 1 amide bonds. The number of nitrogens with zero attached hydrogens (tertiary/aromatic N) is 1. The quantitative estimate of drug-likeness (QED) is 0.0272. The van der Waals surface area contributed by atoms with Gasteiger partial charge in [-0.3, -0.25) is 9.36 Å². The SMILES string of the molecule is CC/C=C/CC/C=C/CC/C=C/C(O)C(COP(=O)([O-])OCC[N+](C)(C)C)NC(=O)CCCCCCCCCCCCCCCCCCC/C=C\C/C=C\CCCCCCCCCCCCCCC. The van der Waals surface area contributed by atoms with E-state index in [1.54, 1.807) is 6.08 Å². The zero-order valence-corrected chi connectivity index (χ0v) is 46.9. The molecule has 404 valence electrons. The van der Waals surface area contributed by atoms with Crippen LogP contribution in [0, 0.1) is 0 Å². The summed E-state index contributed by atoms with van der Waals surface area (Å²) in [5, 5.41) is 13.7. The van der Waals surface area contributed by atoms with Crippen LogP contribution in [0.25, 0.3) is 0 Å². The van der Waals surface area contributed by atoms with Gasteiger partial charge in [0.1, 0.15) is 13.2 Å².